The van der Waals surface area contributed by atoms with Crippen LogP contribution in [0.15, 0.2) is 30.3 Å². The number of urea groups is 1. The molecule has 3 aliphatic rings. The number of benzene rings is 1. The third kappa shape index (κ3) is 3.62. The Morgan fingerprint density at radius 2 is 1.78 bits per heavy atom. The fourth-order valence-corrected chi connectivity index (χ4v) is 3.92. The van der Waals surface area contributed by atoms with Crippen molar-refractivity contribution in [1.29, 1.82) is 0 Å². The molecule has 0 saturated carbocycles. The van der Waals surface area contributed by atoms with Crippen molar-refractivity contribution < 1.29 is 19.1 Å². The van der Waals surface area contributed by atoms with Crippen LogP contribution >= 0.6 is 0 Å². The van der Waals surface area contributed by atoms with Crippen molar-refractivity contribution >= 4 is 17.8 Å². The topological polar surface area (TPSA) is 82.2 Å². The standard InChI is InChI=1S/C19H24N4O4/c24-17-16-13-22(19(26)21-8-10-27-11-9-21)6-7-23(16)18(25)15(20-17)12-14-4-2-1-3-5-14/h1-5,15-16H,6-13H2,(H,20,24)/t15-,16+/m0/s1. The second-order valence-electron chi connectivity index (χ2n) is 7.13. The summed E-state index contributed by atoms with van der Waals surface area (Å²) >= 11 is 0. The Balaban J connectivity index is 1.41. The number of nitrogens with one attached hydrogen (secondary N) is 1. The Hall–Kier alpha value is -2.61. The van der Waals surface area contributed by atoms with Gasteiger partial charge in [-0.3, -0.25) is 9.59 Å². The number of hydrogen-bond acceptors (Lipinski definition) is 4. The molecule has 0 spiro atoms. The fraction of sp³-hybridized carbons (Fsp3) is 0.526. The summed E-state index contributed by atoms with van der Waals surface area (Å²) in [6.45, 7) is 3.28. The van der Waals surface area contributed by atoms with Gasteiger partial charge in [0.25, 0.3) is 0 Å². The van der Waals surface area contributed by atoms with Crippen LogP contribution in [0.25, 0.3) is 0 Å². The van der Waals surface area contributed by atoms with Crippen molar-refractivity contribution in [2.24, 2.45) is 0 Å². The van der Waals surface area contributed by atoms with Crippen LogP contribution in [0.1, 0.15) is 5.56 Å². The van der Waals surface area contributed by atoms with E-state index in [1.807, 2.05) is 30.3 Å². The van der Waals surface area contributed by atoms with Crippen LogP contribution in [-0.2, 0) is 20.7 Å². The highest BCUT2D eigenvalue weighted by atomic mass is 16.5. The van der Waals surface area contributed by atoms with Gasteiger partial charge in [-0.1, -0.05) is 30.3 Å². The summed E-state index contributed by atoms with van der Waals surface area (Å²) in [5, 5.41) is 2.85. The average Bonchev–Trinajstić information content (AvgIpc) is 2.72. The van der Waals surface area contributed by atoms with Gasteiger partial charge in [0.05, 0.1) is 19.8 Å². The van der Waals surface area contributed by atoms with Crippen molar-refractivity contribution in [3.8, 4) is 0 Å². The zero-order chi connectivity index (χ0) is 18.8. The van der Waals surface area contributed by atoms with Crippen molar-refractivity contribution in [1.82, 2.24) is 20.0 Å². The van der Waals surface area contributed by atoms with E-state index in [9.17, 15) is 14.4 Å². The number of nitrogens with zero attached hydrogens (tertiary/aromatic N) is 3. The zero-order valence-electron chi connectivity index (χ0n) is 15.2. The first kappa shape index (κ1) is 17.8. The van der Waals surface area contributed by atoms with Gasteiger partial charge in [-0.05, 0) is 5.56 Å². The summed E-state index contributed by atoms with van der Waals surface area (Å²) in [4.78, 5) is 43.3. The van der Waals surface area contributed by atoms with Crippen LogP contribution in [-0.4, -0.2) is 90.6 Å². The predicted molar refractivity (Wildman–Crippen MR) is 96.9 cm³/mol. The second kappa shape index (κ2) is 7.56. The first-order valence-electron chi connectivity index (χ1n) is 9.40. The molecule has 27 heavy (non-hydrogen) atoms. The first-order chi connectivity index (χ1) is 13.1. The number of rotatable bonds is 2. The average molecular weight is 372 g/mol. The molecule has 3 fully saturated rings. The number of carbonyl (C=O) groups excluding carboxylic acids is 3. The summed E-state index contributed by atoms with van der Waals surface area (Å²) < 4.78 is 5.29. The Morgan fingerprint density at radius 1 is 1.04 bits per heavy atom. The summed E-state index contributed by atoms with van der Waals surface area (Å²) in [6.07, 6.45) is 0.477. The highest BCUT2D eigenvalue weighted by Gasteiger charge is 2.44. The molecule has 1 N–H and O–H groups in total. The fourth-order valence-electron chi connectivity index (χ4n) is 3.92. The van der Waals surface area contributed by atoms with Crippen molar-refractivity contribution in [3.63, 3.8) is 0 Å². The minimum atomic E-state index is -0.608. The molecule has 0 bridgehead atoms. The molecule has 1 aromatic rings. The predicted octanol–water partition coefficient (Wildman–Crippen LogP) is -0.307. The third-order valence-electron chi connectivity index (χ3n) is 5.42. The number of carbonyl (C=O) groups is 3. The van der Waals surface area contributed by atoms with E-state index in [-0.39, 0.29) is 24.4 Å². The molecule has 0 aliphatic carbocycles. The van der Waals surface area contributed by atoms with Crippen LogP contribution in [0.4, 0.5) is 4.79 Å². The summed E-state index contributed by atoms with van der Waals surface area (Å²) in [7, 11) is 0. The van der Waals surface area contributed by atoms with Crippen LogP contribution < -0.4 is 5.32 Å². The minimum Gasteiger partial charge on any atom is -0.378 e. The molecule has 0 unspecified atom stereocenters. The van der Waals surface area contributed by atoms with E-state index in [0.29, 0.717) is 45.8 Å². The molecule has 2 atom stereocenters. The van der Waals surface area contributed by atoms with Crippen molar-refractivity contribution in [3.05, 3.63) is 35.9 Å². The van der Waals surface area contributed by atoms with Gasteiger partial charge in [0.1, 0.15) is 12.1 Å². The van der Waals surface area contributed by atoms with Crippen LogP contribution in [0, 0.1) is 0 Å². The van der Waals surface area contributed by atoms with Gasteiger partial charge in [0.15, 0.2) is 0 Å². The molecule has 4 amide bonds. The molecule has 4 rings (SSSR count). The number of morpholine rings is 1. The molecule has 3 aliphatic heterocycles. The van der Waals surface area contributed by atoms with Gasteiger partial charge in [-0.25, -0.2) is 4.79 Å². The zero-order valence-corrected chi connectivity index (χ0v) is 15.2. The lowest BCUT2D eigenvalue weighted by atomic mass is 9.99. The van der Waals surface area contributed by atoms with Gasteiger partial charge in [0, 0.05) is 32.6 Å². The Bertz CT molecular complexity index is 720. The molecule has 3 heterocycles. The normalized spacial score (nSPS) is 25.9. The molecular weight excluding hydrogens is 348 g/mol. The SMILES string of the molecule is O=C1N[C@@H](Cc2ccccc2)C(=O)N2CCN(C(=O)N3CCOCC3)C[C@H]12. The molecule has 3 saturated heterocycles. The van der Waals surface area contributed by atoms with E-state index in [1.54, 1.807) is 14.7 Å². The van der Waals surface area contributed by atoms with E-state index in [4.69, 9.17) is 4.74 Å². The quantitative estimate of drug-likeness (QED) is 0.772. The lowest BCUT2D eigenvalue weighted by molar-refractivity contribution is -0.152. The maximum atomic E-state index is 12.9. The molecule has 0 radical (unpaired) electrons. The van der Waals surface area contributed by atoms with Gasteiger partial charge in [-0.2, -0.15) is 0 Å². The molecule has 8 heteroatoms. The summed E-state index contributed by atoms with van der Waals surface area (Å²) in [6, 6.07) is 8.43. The summed E-state index contributed by atoms with van der Waals surface area (Å²) in [5.41, 5.74) is 1.01. The molecule has 144 valence electrons. The Kier molecular flexibility index (Phi) is 4.98. The molecule has 1 aromatic carbocycles. The van der Waals surface area contributed by atoms with E-state index >= 15 is 0 Å². The monoisotopic (exact) mass is 372 g/mol. The second-order valence-corrected chi connectivity index (χ2v) is 7.13. The Morgan fingerprint density at radius 3 is 2.52 bits per heavy atom. The number of amides is 4. The third-order valence-corrected chi connectivity index (χ3v) is 5.42. The molecule has 8 nitrogen and oxygen atoms in total. The maximum absolute atomic E-state index is 12.9. The lowest BCUT2D eigenvalue weighted by Gasteiger charge is -2.46. The number of hydrogen-bond donors (Lipinski definition) is 1. The summed E-state index contributed by atoms with van der Waals surface area (Å²) in [5.74, 6) is -0.253. The lowest BCUT2D eigenvalue weighted by Crippen LogP contribution is -2.70. The number of ether oxygens (including phenoxy) is 1. The first-order valence-corrected chi connectivity index (χ1v) is 9.40. The smallest absolute Gasteiger partial charge is 0.320 e. The van der Waals surface area contributed by atoms with E-state index < -0.39 is 12.1 Å². The van der Waals surface area contributed by atoms with Gasteiger partial charge >= 0.3 is 6.03 Å². The minimum absolute atomic E-state index is 0.0677. The van der Waals surface area contributed by atoms with Crippen molar-refractivity contribution in [2.75, 3.05) is 45.9 Å². The van der Waals surface area contributed by atoms with Crippen molar-refractivity contribution in [2.45, 2.75) is 18.5 Å². The highest BCUT2D eigenvalue weighted by molar-refractivity contribution is 5.97. The van der Waals surface area contributed by atoms with E-state index in [0.717, 1.165) is 5.56 Å². The van der Waals surface area contributed by atoms with Crippen LogP contribution in [0.3, 0.4) is 0 Å². The van der Waals surface area contributed by atoms with Gasteiger partial charge in [0.2, 0.25) is 11.8 Å². The van der Waals surface area contributed by atoms with E-state index in [1.165, 1.54) is 0 Å². The Labute approximate surface area is 158 Å². The van der Waals surface area contributed by atoms with Gasteiger partial charge < -0.3 is 24.8 Å². The maximum Gasteiger partial charge on any atom is 0.320 e. The highest BCUT2D eigenvalue weighted by Crippen LogP contribution is 2.19. The van der Waals surface area contributed by atoms with Gasteiger partial charge in [-0.15, -0.1) is 0 Å². The largest absolute Gasteiger partial charge is 0.378 e. The molecular formula is C19H24N4O4. The number of fused-ring (bicyclic) bond motifs is 1. The number of piperazine rings is 2. The van der Waals surface area contributed by atoms with E-state index in [2.05, 4.69) is 5.32 Å². The van der Waals surface area contributed by atoms with Crippen LogP contribution in [0.2, 0.25) is 0 Å². The molecule has 0 aromatic heterocycles. The van der Waals surface area contributed by atoms with Crippen LogP contribution in [0.5, 0.6) is 0 Å².